The summed E-state index contributed by atoms with van der Waals surface area (Å²) in [5.74, 6) is 0. The molecule has 2 aromatic rings. The molecule has 0 fully saturated rings. The Labute approximate surface area is 101 Å². The molecule has 3 N–H and O–H groups in total. The average molecular weight is 230 g/mol. The molecule has 0 saturated carbocycles. The number of nitrogens with two attached hydrogens (primary N) is 1. The summed E-state index contributed by atoms with van der Waals surface area (Å²) in [5, 5.41) is 7.49. The first kappa shape index (κ1) is 11.5. The van der Waals surface area contributed by atoms with Crippen LogP contribution in [0.25, 0.3) is 0 Å². The molecule has 0 atom stereocenters. The van der Waals surface area contributed by atoms with Crippen molar-refractivity contribution < 1.29 is 0 Å². The summed E-state index contributed by atoms with van der Waals surface area (Å²) in [6.07, 6.45) is 4.86. The Kier molecular flexibility index (Phi) is 3.32. The van der Waals surface area contributed by atoms with Crippen LogP contribution in [0.1, 0.15) is 11.1 Å². The Balaban J connectivity index is 1.92. The number of nitrogens with one attached hydrogen (secondary N) is 1. The quantitative estimate of drug-likeness (QED) is 0.789. The molecule has 0 aliphatic heterocycles. The lowest BCUT2D eigenvalue weighted by atomic mass is 10.1. The van der Waals surface area contributed by atoms with Gasteiger partial charge in [0.05, 0.1) is 17.6 Å². The number of nitrogens with zero attached hydrogens (tertiary/aromatic N) is 2. The van der Waals surface area contributed by atoms with Gasteiger partial charge in [0.25, 0.3) is 0 Å². The minimum Gasteiger partial charge on any atom is -0.397 e. The number of benzene rings is 1. The van der Waals surface area contributed by atoms with E-state index in [1.54, 1.807) is 0 Å². The Morgan fingerprint density at radius 3 is 2.94 bits per heavy atom. The van der Waals surface area contributed by atoms with Crippen molar-refractivity contribution in [3.8, 4) is 0 Å². The second kappa shape index (κ2) is 4.91. The van der Waals surface area contributed by atoms with Crippen LogP contribution in [0.2, 0.25) is 0 Å². The van der Waals surface area contributed by atoms with E-state index in [0.717, 1.165) is 29.9 Å². The smallest absolute Gasteiger partial charge is 0.0579 e. The van der Waals surface area contributed by atoms with Crippen molar-refractivity contribution in [3.05, 3.63) is 41.7 Å². The molecule has 0 saturated heterocycles. The average Bonchev–Trinajstić information content (AvgIpc) is 2.70. The molecule has 0 radical (unpaired) electrons. The predicted octanol–water partition coefficient (Wildman–Crippen LogP) is 1.97. The first-order valence-corrected chi connectivity index (χ1v) is 5.73. The number of para-hydroxylation sites is 1. The summed E-state index contributed by atoms with van der Waals surface area (Å²) >= 11 is 0. The van der Waals surface area contributed by atoms with Gasteiger partial charge in [0.15, 0.2) is 0 Å². The summed E-state index contributed by atoms with van der Waals surface area (Å²) in [7, 11) is 1.93. The van der Waals surface area contributed by atoms with Gasteiger partial charge < -0.3 is 11.1 Å². The number of rotatable bonds is 4. The molecule has 90 valence electrons. The molecule has 1 aromatic carbocycles. The number of hydrogen-bond donors (Lipinski definition) is 2. The Morgan fingerprint density at radius 1 is 1.41 bits per heavy atom. The van der Waals surface area contributed by atoms with Crippen molar-refractivity contribution in [2.24, 2.45) is 7.05 Å². The normalized spacial score (nSPS) is 10.5. The van der Waals surface area contributed by atoms with Gasteiger partial charge in [0, 0.05) is 19.8 Å². The van der Waals surface area contributed by atoms with Crippen molar-refractivity contribution in [3.63, 3.8) is 0 Å². The Bertz CT molecular complexity index is 502. The largest absolute Gasteiger partial charge is 0.397 e. The minimum atomic E-state index is 0.832. The molecule has 0 unspecified atom stereocenters. The lowest BCUT2D eigenvalue weighted by Crippen LogP contribution is -2.07. The topological polar surface area (TPSA) is 55.9 Å². The standard InChI is InChI=1S/C13H18N4/c1-10-4-3-5-12(13(10)14)15-7-6-11-8-16-17(2)9-11/h3-5,8-9,15H,6-7,14H2,1-2H3. The molecule has 0 aliphatic rings. The van der Waals surface area contributed by atoms with Crippen LogP contribution in [0.15, 0.2) is 30.6 Å². The van der Waals surface area contributed by atoms with Crippen molar-refractivity contribution >= 4 is 11.4 Å². The highest BCUT2D eigenvalue weighted by Gasteiger charge is 2.01. The fraction of sp³-hybridized carbons (Fsp3) is 0.308. The molecule has 4 heteroatoms. The predicted molar refractivity (Wildman–Crippen MR) is 71.0 cm³/mol. The second-order valence-corrected chi connectivity index (χ2v) is 4.24. The summed E-state index contributed by atoms with van der Waals surface area (Å²) in [6, 6.07) is 6.03. The molecule has 1 heterocycles. The SMILES string of the molecule is Cc1cccc(NCCc2cnn(C)c2)c1N. The van der Waals surface area contributed by atoms with Crippen LogP contribution in [0, 0.1) is 6.92 Å². The van der Waals surface area contributed by atoms with Gasteiger partial charge in [-0.15, -0.1) is 0 Å². The zero-order chi connectivity index (χ0) is 12.3. The molecular weight excluding hydrogens is 212 g/mol. The maximum atomic E-state index is 5.99. The van der Waals surface area contributed by atoms with Crippen LogP contribution in [-0.4, -0.2) is 16.3 Å². The van der Waals surface area contributed by atoms with Gasteiger partial charge in [0.2, 0.25) is 0 Å². The maximum Gasteiger partial charge on any atom is 0.0579 e. The molecule has 2 rings (SSSR count). The third kappa shape index (κ3) is 2.78. The monoisotopic (exact) mass is 230 g/mol. The fourth-order valence-electron chi connectivity index (χ4n) is 1.78. The maximum absolute atomic E-state index is 5.99. The van der Waals surface area contributed by atoms with E-state index in [1.807, 2.05) is 49.2 Å². The fourth-order valence-corrected chi connectivity index (χ4v) is 1.78. The van der Waals surface area contributed by atoms with Gasteiger partial charge >= 0.3 is 0 Å². The van der Waals surface area contributed by atoms with Crippen molar-refractivity contribution in [2.75, 3.05) is 17.6 Å². The van der Waals surface area contributed by atoms with Crippen LogP contribution in [0.3, 0.4) is 0 Å². The molecular formula is C13H18N4. The van der Waals surface area contributed by atoms with E-state index >= 15 is 0 Å². The van der Waals surface area contributed by atoms with Crippen LogP contribution in [0.4, 0.5) is 11.4 Å². The summed E-state index contributed by atoms with van der Waals surface area (Å²) in [4.78, 5) is 0. The van der Waals surface area contributed by atoms with E-state index in [0.29, 0.717) is 0 Å². The molecule has 17 heavy (non-hydrogen) atoms. The van der Waals surface area contributed by atoms with E-state index in [-0.39, 0.29) is 0 Å². The number of aryl methyl sites for hydroxylation is 2. The van der Waals surface area contributed by atoms with Crippen LogP contribution < -0.4 is 11.1 Å². The number of hydrogen-bond acceptors (Lipinski definition) is 3. The van der Waals surface area contributed by atoms with Gasteiger partial charge in [-0.05, 0) is 30.5 Å². The van der Waals surface area contributed by atoms with E-state index in [4.69, 9.17) is 5.73 Å². The van der Waals surface area contributed by atoms with E-state index in [2.05, 4.69) is 10.4 Å². The van der Waals surface area contributed by atoms with Gasteiger partial charge in [-0.1, -0.05) is 12.1 Å². The molecule has 1 aromatic heterocycles. The number of anilines is 2. The van der Waals surface area contributed by atoms with Crippen molar-refractivity contribution in [1.29, 1.82) is 0 Å². The number of aromatic nitrogens is 2. The zero-order valence-electron chi connectivity index (χ0n) is 10.3. The van der Waals surface area contributed by atoms with Crippen LogP contribution in [-0.2, 0) is 13.5 Å². The lowest BCUT2D eigenvalue weighted by molar-refractivity contribution is 0.767. The lowest BCUT2D eigenvalue weighted by Gasteiger charge is -2.10. The summed E-state index contributed by atoms with van der Waals surface area (Å²) in [6.45, 7) is 2.88. The van der Waals surface area contributed by atoms with E-state index in [1.165, 1.54) is 5.56 Å². The highest BCUT2D eigenvalue weighted by atomic mass is 15.2. The van der Waals surface area contributed by atoms with Crippen LogP contribution >= 0.6 is 0 Å². The number of nitrogen functional groups attached to an aromatic ring is 1. The summed E-state index contributed by atoms with van der Waals surface area (Å²) in [5.41, 5.74) is 10.2. The Morgan fingerprint density at radius 2 is 2.24 bits per heavy atom. The van der Waals surface area contributed by atoms with E-state index in [9.17, 15) is 0 Å². The first-order valence-electron chi connectivity index (χ1n) is 5.73. The highest BCUT2D eigenvalue weighted by molar-refractivity contribution is 5.69. The minimum absolute atomic E-state index is 0.832. The van der Waals surface area contributed by atoms with Crippen molar-refractivity contribution in [1.82, 2.24) is 9.78 Å². The Hall–Kier alpha value is -1.97. The highest BCUT2D eigenvalue weighted by Crippen LogP contribution is 2.21. The van der Waals surface area contributed by atoms with Gasteiger partial charge in [-0.2, -0.15) is 5.10 Å². The molecule has 0 amide bonds. The first-order chi connectivity index (χ1) is 8.16. The molecule has 4 nitrogen and oxygen atoms in total. The van der Waals surface area contributed by atoms with Crippen LogP contribution in [0.5, 0.6) is 0 Å². The molecule has 0 bridgehead atoms. The van der Waals surface area contributed by atoms with Gasteiger partial charge in [-0.3, -0.25) is 4.68 Å². The second-order valence-electron chi connectivity index (χ2n) is 4.24. The van der Waals surface area contributed by atoms with Gasteiger partial charge in [0.1, 0.15) is 0 Å². The third-order valence-corrected chi connectivity index (χ3v) is 2.81. The zero-order valence-corrected chi connectivity index (χ0v) is 10.3. The van der Waals surface area contributed by atoms with E-state index < -0.39 is 0 Å². The van der Waals surface area contributed by atoms with Gasteiger partial charge in [-0.25, -0.2) is 0 Å². The summed E-state index contributed by atoms with van der Waals surface area (Å²) < 4.78 is 1.82. The molecule has 0 aliphatic carbocycles. The third-order valence-electron chi connectivity index (χ3n) is 2.81. The van der Waals surface area contributed by atoms with Crippen molar-refractivity contribution in [2.45, 2.75) is 13.3 Å². The molecule has 0 spiro atoms.